The Labute approximate surface area is 188 Å². The first-order valence-corrected chi connectivity index (χ1v) is 13.4. The van der Waals surface area contributed by atoms with Gasteiger partial charge in [0.05, 0.1) is 39.1 Å². The lowest BCUT2D eigenvalue weighted by atomic mass is 10.1. The van der Waals surface area contributed by atoms with E-state index in [0.717, 1.165) is 19.4 Å². The van der Waals surface area contributed by atoms with Gasteiger partial charge in [-0.1, -0.05) is 0 Å². The average Bonchev–Trinajstić information content (AvgIpc) is 3.57. The van der Waals surface area contributed by atoms with E-state index in [9.17, 15) is 0 Å². The summed E-state index contributed by atoms with van der Waals surface area (Å²) in [5.41, 5.74) is 11.6. The highest BCUT2D eigenvalue weighted by molar-refractivity contribution is 6.60. The molecule has 1 aliphatic rings. The van der Waals surface area contributed by atoms with Crippen molar-refractivity contribution in [3.05, 3.63) is 0 Å². The molecule has 186 valence electrons. The predicted molar refractivity (Wildman–Crippen MR) is 118 cm³/mol. The minimum Gasteiger partial charge on any atom is -0.379 e. The molecule has 1 aliphatic heterocycles. The molecule has 1 fully saturated rings. The summed E-state index contributed by atoms with van der Waals surface area (Å²) in [6.07, 6.45) is 1.35. The van der Waals surface area contributed by atoms with Gasteiger partial charge in [0.1, 0.15) is 6.10 Å². The summed E-state index contributed by atoms with van der Waals surface area (Å²) in [5, 5.41) is 0. The maximum Gasteiger partial charge on any atom is 0.506 e. The van der Waals surface area contributed by atoms with Crippen molar-refractivity contribution in [2.45, 2.75) is 70.9 Å². The van der Waals surface area contributed by atoms with Crippen LogP contribution in [0.2, 0.25) is 6.04 Å². The van der Waals surface area contributed by atoms with Gasteiger partial charge in [-0.15, -0.1) is 0 Å². The van der Waals surface area contributed by atoms with E-state index in [1.54, 1.807) is 7.11 Å². The van der Waals surface area contributed by atoms with Gasteiger partial charge in [0.2, 0.25) is 0 Å². The SMILES string of the molecule is CCOC(OCC)(OCC)O[Si](CCCN)(OC)OC(CCN)CCCOCC1CO1. The molecule has 4 N–H and O–H groups in total. The number of ether oxygens (including phenoxy) is 5. The number of epoxide rings is 1. The molecule has 3 atom stereocenters. The molecule has 0 aromatic rings. The molecule has 10 nitrogen and oxygen atoms in total. The lowest BCUT2D eigenvalue weighted by molar-refractivity contribution is -0.478. The fourth-order valence-corrected chi connectivity index (χ4v) is 5.66. The van der Waals surface area contributed by atoms with Crippen LogP contribution in [0, 0.1) is 0 Å². The second-order valence-electron chi connectivity index (χ2n) is 7.17. The molecule has 1 heterocycles. The smallest absolute Gasteiger partial charge is 0.379 e. The lowest BCUT2D eigenvalue weighted by Crippen LogP contribution is -2.57. The first-order chi connectivity index (χ1) is 15.0. The Bertz CT molecular complexity index is 430. The summed E-state index contributed by atoms with van der Waals surface area (Å²) in [5.74, 6) is 0. The van der Waals surface area contributed by atoms with Crippen molar-refractivity contribution in [3.63, 3.8) is 0 Å². The number of nitrogens with two attached hydrogens (primary N) is 2. The van der Waals surface area contributed by atoms with E-state index >= 15 is 0 Å². The van der Waals surface area contributed by atoms with Gasteiger partial charge in [0.25, 0.3) is 0 Å². The van der Waals surface area contributed by atoms with Gasteiger partial charge in [0.15, 0.2) is 0 Å². The molecule has 0 spiro atoms. The highest BCUT2D eigenvalue weighted by Crippen LogP contribution is 2.30. The quantitative estimate of drug-likeness (QED) is 0.105. The normalized spacial score (nSPS) is 19.4. The van der Waals surface area contributed by atoms with Gasteiger partial charge < -0.3 is 44.0 Å². The van der Waals surface area contributed by atoms with Crippen LogP contribution in [0.15, 0.2) is 0 Å². The third-order valence-electron chi connectivity index (χ3n) is 4.60. The first kappa shape index (κ1) is 28.8. The van der Waals surface area contributed by atoms with E-state index in [4.69, 9.17) is 48.4 Å². The maximum absolute atomic E-state index is 6.50. The fourth-order valence-electron chi connectivity index (χ4n) is 3.07. The Balaban J connectivity index is 2.87. The molecule has 0 bridgehead atoms. The Morgan fingerprint density at radius 2 is 1.65 bits per heavy atom. The van der Waals surface area contributed by atoms with Crippen molar-refractivity contribution in [2.75, 3.05) is 59.8 Å². The van der Waals surface area contributed by atoms with Crippen LogP contribution >= 0.6 is 0 Å². The Morgan fingerprint density at radius 3 is 2.13 bits per heavy atom. The monoisotopic (exact) mass is 468 g/mol. The van der Waals surface area contributed by atoms with E-state index < -0.39 is 15.0 Å². The van der Waals surface area contributed by atoms with Crippen LogP contribution in [-0.2, 0) is 37.0 Å². The molecule has 1 rings (SSSR count). The van der Waals surface area contributed by atoms with Gasteiger partial charge in [-0.25, -0.2) is 0 Å². The third-order valence-corrected chi connectivity index (χ3v) is 7.44. The second kappa shape index (κ2) is 16.4. The molecule has 0 amide bonds. The van der Waals surface area contributed by atoms with Crippen LogP contribution in [-0.4, -0.2) is 87.0 Å². The van der Waals surface area contributed by atoms with E-state index in [0.29, 0.717) is 65.0 Å². The van der Waals surface area contributed by atoms with Crippen LogP contribution in [0.5, 0.6) is 0 Å². The molecule has 1 saturated heterocycles. The standard InChI is InChI=1S/C20H44N2O8Si/c1-5-26-20(27-6-2,28-7-3)30-31(23-4,15-9-12-21)29-18(11-13-22)10-8-14-24-16-19-17-25-19/h18-19H,5-17,21-22H2,1-4H3. The van der Waals surface area contributed by atoms with Gasteiger partial charge in [-0.2, -0.15) is 0 Å². The molecule has 0 aromatic heterocycles. The largest absolute Gasteiger partial charge is 0.506 e. The average molecular weight is 469 g/mol. The second-order valence-corrected chi connectivity index (χ2v) is 9.88. The van der Waals surface area contributed by atoms with Gasteiger partial charge in [-0.3, -0.25) is 4.43 Å². The highest BCUT2D eigenvalue weighted by Gasteiger charge is 2.52. The van der Waals surface area contributed by atoms with Crippen LogP contribution in [0.3, 0.4) is 0 Å². The highest BCUT2D eigenvalue weighted by atomic mass is 28.4. The number of hydrogen-bond acceptors (Lipinski definition) is 10. The Morgan fingerprint density at radius 1 is 1.00 bits per heavy atom. The van der Waals surface area contributed by atoms with Gasteiger partial charge in [0, 0.05) is 19.8 Å². The number of hydrogen-bond donors (Lipinski definition) is 2. The molecule has 3 unspecified atom stereocenters. The van der Waals surface area contributed by atoms with Crippen molar-refractivity contribution < 1.29 is 37.0 Å². The Kier molecular flexibility index (Phi) is 15.3. The zero-order chi connectivity index (χ0) is 23.0. The van der Waals surface area contributed by atoms with Crippen molar-refractivity contribution in [1.82, 2.24) is 0 Å². The van der Waals surface area contributed by atoms with Crippen LogP contribution in [0.4, 0.5) is 0 Å². The van der Waals surface area contributed by atoms with Crippen LogP contribution in [0.25, 0.3) is 0 Å². The maximum atomic E-state index is 6.50. The summed E-state index contributed by atoms with van der Waals surface area (Å²) in [7, 11) is -1.71. The molecule has 31 heavy (non-hydrogen) atoms. The summed E-state index contributed by atoms with van der Waals surface area (Å²) >= 11 is 0. The molecule has 0 aliphatic carbocycles. The zero-order valence-corrected chi connectivity index (χ0v) is 20.8. The molecular weight excluding hydrogens is 424 g/mol. The summed E-state index contributed by atoms with van der Waals surface area (Å²) in [6.45, 7) is 9.56. The summed E-state index contributed by atoms with van der Waals surface area (Å²) in [6, 6.07) is 0.506. The topological polar surface area (TPSA) is 129 Å². The summed E-state index contributed by atoms with van der Waals surface area (Å²) < 4.78 is 46.8. The van der Waals surface area contributed by atoms with E-state index in [2.05, 4.69) is 0 Å². The van der Waals surface area contributed by atoms with Crippen molar-refractivity contribution in [1.29, 1.82) is 0 Å². The van der Waals surface area contributed by atoms with Crippen molar-refractivity contribution >= 4 is 8.80 Å². The van der Waals surface area contributed by atoms with E-state index in [1.807, 2.05) is 20.8 Å². The first-order valence-electron chi connectivity index (χ1n) is 11.5. The molecular formula is C20H44N2O8Si. The number of rotatable bonds is 22. The third kappa shape index (κ3) is 11.5. The van der Waals surface area contributed by atoms with Crippen LogP contribution in [0.1, 0.15) is 46.5 Å². The molecule has 11 heteroatoms. The molecule has 0 radical (unpaired) electrons. The summed E-state index contributed by atoms with van der Waals surface area (Å²) in [4.78, 5) is 0. The fraction of sp³-hybridized carbons (Fsp3) is 1.00. The van der Waals surface area contributed by atoms with Gasteiger partial charge in [-0.05, 0) is 59.5 Å². The Hall–Kier alpha value is -0.183. The van der Waals surface area contributed by atoms with Crippen molar-refractivity contribution in [2.24, 2.45) is 11.5 Å². The minimum absolute atomic E-state index is 0.155. The predicted octanol–water partition coefficient (Wildman–Crippen LogP) is 1.59. The van der Waals surface area contributed by atoms with E-state index in [1.165, 1.54) is 0 Å². The minimum atomic E-state index is -3.29. The molecule has 0 aromatic carbocycles. The molecule has 0 saturated carbocycles. The zero-order valence-electron chi connectivity index (χ0n) is 19.8. The van der Waals surface area contributed by atoms with E-state index in [-0.39, 0.29) is 12.2 Å². The van der Waals surface area contributed by atoms with Gasteiger partial charge >= 0.3 is 15.0 Å². The van der Waals surface area contributed by atoms with Crippen molar-refractivity contribution in [3.8, 4) is 0 Å². The van der Waals surface area contributed by atoms with Crippen LogP contribution < -0.4 is 11.5 Å². The lowest BCUT2D eigenvalue weighted by Gasteiger charge is -2.40.